The van der Waals surface area contributed by atoms with Crippen LogP contribution in [0.3, 0.4) is 0 Å². The number of sulfone groups is 1. The molecular formula is C18H20N2O4S. The van der Waals surface area contributed by atoms with Crippen molar-refractivity contribution >= 4 is 15.7 Å². The zero-order valence-corrected chi connectivity index (χ0v) is 14.8. The van der Waals surface area contributed by atoms with Gasteiger partial charge in [-0.3, -0.25) is 9.59 Å². The van der Waals surface area contributed by atoms with Crippen LogP contribution < -0.4 is 5.56 Å². The summed E-state index contributed by atoms with van der Waals surface area (Å²) < 4.78 is 23.4. The van der Waals surface area contributed by atoms with E-state index in [2.05, 4.69) is 4.98 Å². The molecule has 1 N–H and O–H groups in total. The van der Waals surface area contributed by atoms with Crippen LogP contribution in [0.4, 0.5) is 0 Å². The van der Waals surface area contributed by atoms with E-state index in [1.807, 2.05) is 30.3 Å². The van der Waals surface area contributed by atoms with Crippen LogP contribution in [0.5, 0.6) is 0 Å². The van der Waals surface area contributed by atoms with E-state index < -0.39 is 21.3 Å². The van der Waals surface area contributed by atoms with Crippen molar-refractivity contribution in [2.75, 3.05) is 18.1 Å². The number of carbonyl (C=O) groups is 1. The minimum Gasteiger partial charge on any atom is -0.335 e. The third kappa shape index (κ3) is 3.66. The quantitative estimate of drug-likeness (QED) is 0.899. The SMILES string of the molecule is CCN(C(=O)c1ccc(-c2ccccc2)[nH]c1=O)C1CCS(=O)(=O)C1. The van der Waals surface area contributed by atoms with Gasteiger partial charge in [0.05, 0.1) is 11.5 Å². The summed E-state index contributed by atoms with van der Waals surface area (Å²) in [6.45, 7) is 2.15. The van der Waals surface area contributed by atoms with Gasteiger partial charge in [-0.1, -0.05) is 30.3 Å². The van der Waals surface area contributed by atoms with Gasteiger partial charge in [0.15, 0.2) is 9.84 Å². The highest BCUT2D eigenvalue weighted by atomic mass is 32.2. The number of aromatic amines is 1. The normalized spacial score (nSPS) is 18.8. The van der Waals surface area contributed by atoms with E-state index in [0.717, 1.165) is 5.56 Å². The largest absolute Gasteiger partial charge is 0.335 e. The Kier molecular flexibility index (Phi) is 4.76. The van der Waals surface area contributed by atoms with Gasteiger partial charge in [-0.2, -0.15) is 0 Å². The first-order valence-electron chi connectivity index (χ1n) is 8.21. The topological polar surface area (TPSA) is 87.3 Å². The molecule has 0 saturated carbocycles. The fourth-order valence-electron chi connectivity index (χ4n) is 3.17. The van der Waals surface area contributed by atoms with Crippen molar-refractivity contribution in [3.05, 3.63) is 58.4 Å². The summed E-state index contributed by atoms with van der Waals surface area (Å²) in [6.07, 6.45) is 0.419. The number of carbonyl (C=O) groups excluding carboxylic acids is 1. The lowest BCUT2D eigenvalue weighted by molar-refractivity contribution is 0.0706. The van der Waals surface area contributed by atoms with Crippen LogP contribution in [-0.4, -0.2) is 48.3 Å². The van der Waals surface area contributed by atoms with E-state index >= 15 is 0 Å². The van der Waals surface area contributed by atoms with Crippen LogP contribution in [0.1, 0.15) is 23.7 Å². The Hall–Kier alpha value is -2.41. The fourth-order valence-corrected chi connectivity index (χ4v) is 4.90. The van der Waals surface area contributed by atoms with E-state index in [1.165, 1.54) is 11.0 Å². The molecule has 1 atom stereocenters. The number of hydrogen-bond donors (Lipinski definition) is 1. The zero-order valence-electron chi connectivity index (χ0n) is 13.9. The van der Waals surface area contributed by atoms with Crippen molar-refractivity contribution in [3.8, 4) is 11.3 Å². The zero-order chi connectivity index (χ0) is 18.0. The molecule has 3 rings (SSSR count). The summed E-state index contributed by atoms with van der Waals surface area (Å²) >= 11 is 0. The summed E-state index contributed by atoms with van der Waals surface area (Å²) in [6, 6.07) is 12.2. The smallest absolute Gasteiger partial charge is 0.261 e. The third-order valence-corrected chi connectivity index (χ3v) is 6.23. The van der Waals surface area contributed by atoms with Crippen molar-refractivity contribution in [1.82, 2.24) is 9.88 Å². The Morgan fingerprint density at radius 3 is 2.48 bits per heavy atom. The number of hydrogen-bond acceptors (Lipinski definition) is 4. The third-order valence-electron chi connectivity index (χ3n) is 4.48. The Bertz CT molecular complexity index is 935. The molecule has 2 heterocycles. The van der Waals surface area contributed by atoms with Crippen LogP contribution >= 0.6 is 0 Å². The van der Waals surface area contributed by atoms with E-state index in [0.29, 0.717) is 18.7 Å². The van der Waals surface area contributed by atoms with Crippen LogP contribution in [0.2, 0.25) is 0 Å². The van der Waals surface area contributed by atoms with Gasteiger partial charge in [0.25, 0.3) is 11.5 Å². The number of pyridine rings is 1. The molecule has 1 fully saturated rings. The molecular weight excluding hydrogens is 340 g/mol. The highest BCUT2D eigenvalue weighted by molar-refractivity contribution is 7.91. The summed E-state index contributed by atoms with van der Waals surface area (Å²) in [7, 11) is -3.10. The number of nitrogens with one attached hydrogen (secondary N) is 1. The molecule has 0 spiro atoms. The van der Waals surface area contributed by atoms with Crippen molar-refractivity contribution in [1.29, 1.82) is 0 Å². The van der Waals surface area contributed by atoms with Crippen molar-refractivity contribution < 1.29 is 13.2 Å². The predicted molar refractivity (Wildman–Crippen MR) is 96.3 cm³/mol. The van der Waals surface area contributed by atoms with Gasteiger partial charge in [0.1, 0.15) is 5.56 Å². The number of nitrogens with zero attached hydrogens (tertiary/aromatic N) is 1. The summed E-state index contributed by atoms with van der Waals surface area (Å²) in [5.74, 6) is -0.373. The van der Waals surface area contributed by atoms with Gasteiger partial charge in [-0.15, -0.1) is 0 Å². The van der Waals surface area contributed by atoms with Gasteiger partial charge in [-0.25, -0.2) is 8.42 Å². The number of H-pyrrole nitrogens is 1. The highest BCUT2D eigenvalue weighted by Crippen LogP contribution is 2.20. The molecule has 1 saturated heterocycles. The minimum absolute atomic E-state index is 0.0332. The van der Waals surface area contributed by atoms with Gasteiger partial charge in [0, 0.05) is 18.3 Å². The number of aromatic nitrogens is 1. The second kappa shape index (κ2) is 6.84. The lowest BCUT2D eigenvalue weighted by atomic mass is 10.1. The molecule has 1 aliphatic rings. The summed E-state index contributed by atoms with van der Waals surface area (Å²) in [5.41, 5.74) is 1.05. The molecule has 1 unspecified atom stereocenters. The molecule has 1 aromatic heterocycles. The maximum Gasteiger partial charge on any atom is 0.261 e. The average Bonchev–Trinajstić information content (AvgIpc) is 2.95. The van der Waals surface area contributed by atoms with Crippen LogP contribution in [0.25, 0.3) is 11.3 Å². The van der Waals surface area contributed by atoms with Crippen molar-refractivity contribution in [3.63, 3.8) is 0 Å². The van der Waals surface area contributed by atoms with E-state index in [-0.39, 0.29) is 23.1 Å². The molecule has 0 bridgehead atoms. The first-order chi connectivity index (χ1) is 11.9. The standard InChI is InChI=1S/C18H20N2O4S/c1-2-20(14-10-11-25(23,24)12-14)18(22)15-8-9-16(19-17(15)21)13-6-4-3-5-7-13/h3-9,14H,2,10-12H2,1H3,(H,19,21). The maximum atomic E-state index is 12.8. The second-order valence-electron chi connectivity index (χ2n) is 6.13. The van der Waals surface area contributed by atoms with E-state index in [1.54, 1.807) is 13.0 Å². The van der Waals surface area contributed by atoms with Gasteiger partial charge >= 0.3 is 0 Å². The number of amides is 1. The molecule has 0 radical (unpaired) electrons. The van der Waals surface area contributed by atoms with Crippen molar-refractivity contribution in [2.45, 2.75) is 19.4 Å². The van der Waals surface area contributed by atoms with Gasteiger partial charge in [-0.05, 0) is 31.0 Å². The Labute approximate surface area is 146 Å². The maximum absolute atomic E-state index is 12.8. The fraction of sp³-hybridized carbons (Fsp3) is 0.333. The number of benzene rings is 1. The molecule has 25 heavy (non-hydrogen) atoms. The second-order valence-corrected chi connectivity index (χ2v) is 8.36. The van der Waals surface area contributed by atoms with Gasteiger partial charge in [0.2, 0.25) is 0 Å². The molecule has 1 amide bonds. The molecule has 0 aliphatic carbocycles. The Morgan fingerprint density at radius 1 is 1.20 bits per heavy atom. The predicted octanol–water partition coefficient (Wildman–Crippen LogP) is 1.69. The highest BCUT2D eigenvalue weighted by Gasteiger charge is 2.34. The van der Waals surface area contributed by atoms with Crippen LogP contribution in [0, 0.1) is 0 Å². The minimum atomic E-state index is -3.10. The lowest BCUT2D eigenvalue weighted by Crippen LogP contribution is -2.42. The van der Waals surface area contributed by atoms with E-state index in [9.17, 15) is 18.0 Å². The Balaban J connectivity index is 1.88. The van der Waals surface area contributed by atoms with Gasteiger partial charge < -0.3 is 9.88 Å². The Morgan fingerprint density at radius 2 is 1.92 bits per heavy atom. The summed E-state index contributed by atoms with van der Waals surface area (Å²) in [5, 5.41) is 0. The first-order valence-corrected chi connectivity index (χ1v) is 10.0. The molecule has 2 aromatic rings. The average molecular weight is 360 g/mol. The molecule has 7 heteroatoms. The van der Waals surface area contributed by atoms with E-state index in [4.69, 9.17) is 0 Å². The molecule has 1 aliphatic heterocycles. The number of rotatable bonds is 4. The molecule has 132 valence electrons. The van der Waals surface area contributed by atoms with Crippen LogP contribution in [-0.2, 0) is 9.84 Å². The molecule has 1 aromatic carbocycles. The first kappa shape index (κ1) is 17.4. The van der Waals surface area contributed by atoms with Crippen LogP contribution in [0.15, 0.2) is 47.3 Å². The summed E-state index contributed by atoms with van der Waals surface area (Å²) in [4.78, 5) is 29.4. The lowest BCUT2D eigenvalue weighted by Gasteiger charge is -2.26. The monoisotopic (exact) mass is 360 g/mol. The molecule has 6 nitrogen and oxygen atoms in total. The van der Waals surface area contributed by atoms with Crippen molar-refractivity contribution in [2.24, 2.45) is 0 Å².